The van der Waals surface area contributed by atoms with Crippen LogP contribution in [0.1, 0.15) is 25.8 Å². The van der Waals surface area contributed by atoms with E-state index in [0.717, 1.165) is 9.87 Å². The average Bonchev–Trinajstić information content (AvgIpc) is 2.95. The number of carbonyl (C=O) groups excluding carboxylic acids is 2. The smallest absolute Gasteiger partial charge is 0.264 e. The summed E-state index contributed by atoms with van der Waals surface area (Å²) >= 11 is 6.21. The van der Waals surface area contributed by atoms with Gasteiger partial charge in [0, 0.05) is 18.1 Å². The highest BCUT2D eigenvalue weighted by Crippen LogP contribution is 2.28. The third-order valence-electron chi connectivity index (χ3n) is 6.25. The maximum absolute atomic E-state index is 14.0. The van der Waals surface area contributed by atoms with Crippen LogP contribution in [0, 0.1) is 0 Å². The molecule has 1 N–H and O–H groups in total. The largest absolute Gasteiger partial charge is 0.497 e. The lowest BCUT2D eigenvalue weighted by Gasteiger charge is -2.33. The Morgan fingerprint density at radius 3 is 2.20 bits per heavy atom. The summed E-state index contributed by atoms with van der Waals surface area (Å²) < 4.78 is 39.3. The number of rotatable bonds is 13. The van der Waals surface area contributed by atoms with Crippen molar-refractivity contribution in [2.45, 2.75) is 37.8 Å². The van der Waals surface area contributed by atoms with Gasteiger partial charge in [-0.15, -0.1) is 0 Å². The number of nitrogens with zero attached hydrogens (tertiary/aromatic N) is 2. The number of methoxy groups -OCH3 is 2. The van der Waals surface area contributed by atoms with E-state index in [1.54, 1.807) is 57.4 Å². The molecule has 9 nitrogen and oxygen atoms in total. The molecule has 0 heterocycles. The van der Waals surface area contributed by atoms with E-state index in [0.29, 0.717) is 29.5 Å². The summed E-state index contributed by atoms with van der Waals surface area (Å²) in [4.78, 5) is 28.4. The number of halogens is 1. The van der Waals surface area contributed by atoms with Gasteiger partial charge in [-0.25, -0.2) is 8.42 Å². The van der Waals surface area contributed by atoms with Gasteiger partial charge in [0.25, 0.3) is 10.0 Å². The molecule has 3 rings (SSSR count). The number of benzene rings is 3. The SMILES string of the molecule is CCNC(=O)C(CC)N(Cc1cccc(OC)c1)C(=O)CN(c1cccc(Cl)c1)S(=O)(=O)c1ccc(OC)cc1. The first kappa shape index (κ1) is 30.8. The fourth-order valence-corrected chi connectivity index (χ4v) is 5.80. The summed E-state index contributed by atoms with van der Waals surface area (Å²) in [5.41, 5.74) is 0.937. The summed E-state index contributed by atoms with van der Waals surface area (Å²) in [6, 6.07) is 18.5. The lowest BCUT2D eigenvalue weighted by atomic mass is 10.1. The first-order valence-corrected chi connectivity index (χ1v) is 14.6. The predicted molar refractivity (Wildman–Crippen MR) is 155 cm³/mol. The van der Waals surface area contributed by atoms with Crippen LogP contribution in [0.25, 0.3) is 0 Å². The van der Waals surface area contributed by atoms with Crippen molar-refractivity contribution in [2.75, 3.05) is 31.6 Å². The minimum absolute atomic E-state index is 0.0313. The van der Waals surface area contributed by atoms with Crippen LogP contribution in [0.15, 0.2) is 77.7 Å². The van der Waals surface area contributed by atoms with Gasteiger partial charge in [0.1, 0.15) is 24.1 Å². The van der Waals surface area contributed by atoms with Crippen LogP contribution in [0.4, 0.5) is 5.69 Å². The molecule has 0 bridgehead atoms. The van der Waals surface area contributed by atoms with Crippen molar-refractivity contribution < 1.29 is 27.5 Å². The van der Waals surface area contributed by atoms with E-state index in [1.807, 2.05) is 6.07 Å². The first-order chi connectivity index (χ1) is 19.1. The highest BCUT2D eigenvalue weighted by Gasteiger charge is 2.33. The molecule has 0 fully saturated rings. The standard InChI is InChI=1S/C29H34ClN3O6S/c1-5-27(29(35)31-6-2)32(19-21-9-7-12-25(17-21)39-4)28(34)20-33(23-11-8-10-22(30)18-23)40(36,37)26-15-13-24(38-3)14-16-26/h7-18,27H,5-6,19-20H2,1-4H3,(H,31,35). The molecule has 40 heavy (non-hydrogen) atoms. The molecule has 0 aliphatic carbocycles. The van der Waals surface area contributed by atoms with Gasteiger partial charge in [0.05, 0.1) is 24.8 Å². The van der Waals surface area contributed by atoms with Crippen LogP contribution in [0.3, 0.4) is 0 Å². The van der Waals surface area contributed by atoms with Crippen molar-refractivity contribution in [3.05, 3.63) is 83.4 Å². The second-order valence-corrected chi connectivity index (χ2v) is 11.2. The van der Waals surface area contributed by atoms with Crippen molar-refractivity contribution in [1.82, 2.24) is 10.2 Å². The van der Waals surface area contributed by atoms with Gasteiger partial charge < -0.3 is 19.7 Å². The molecular formula is C29H34ClN3O6S. The lowest BCUT2D eigenvalue weighted by molar-refractivity contribution is -0.140. The molecule has 0 aliphatic heterocycles. The Labute approximate surface area is 240 Å². The summed E-state index contributed by atoms with van der Waals surface area (Å²) in [7, 11) is -1.20. The molecule has 2 amide bonds. The third-order valence-corrected chi connectivity index (χ3v) is 8.27. The van der Waals surface area contributed by atoms with E-state index in [-0.39, 0.29) is 23.0 Å². The third kappa shape index (κ3) is 7.45. The number of hydrogen-bond donors (Lipinski definition) is 1. The number of hydrogen-bond acceptors (Lipinski definition) is 6. The van der Waals surface area contributed by atoms with Crippen molar-refractivity contribution in [3.63, 3.8) is 0 Å². The molecule has 0 radical (unpaired) electrons. The molecule has 11 heteroatoms. The van der Waals surface area contributed by atoms with E-state index in [1.165, 1.54) is 42.3 Å². The molecule has 0 saturated heterocycles. The first-order valence-electron chi connectivity index (χ1n) is 12.8. The number of ether oxygens (including phenoxy) is 2. The van der Waals surface area contributed by atoms with Crippen LogP contribution in [-0.4, -0.2) is 58.5 Å². The lowest BCUT2D eigenvalue weighted by Crippen LogP contribution is -2.52. The van der Waals surface area contributed by atoms with Crippen LogP contribution in [0.2, 0.25) is 5.02 Å². The summed E-state index contributed by atoms with van der Waals surface area (Å²) in [5, 5.41) is 3.09. The number of nitrogens with one attached hydrogen (secondary N) is 1. The van der Waals surface area contributed by atoms with Gasteiger partial charge in [-0.1, -0.05) is 36.7 Å². The molecule has 3 aromatic carbocycles. The van der Waals surface area contributed by atoms with Gasteiger partial charge in [0.2, 0.25) is 11.8 Å². The molecule has 3 aromatic rings. The van der Waals surface area contributed by atoms with E-state index in [2.05, 4.69) is 5.32 Å². The normalized spacial score (nSPS) is 11.8. The van der Waals surface area contributed by atoms with Crippen LogP contribution >= 0.6 is 11.6 Å². The van der Waals surface area contributed by atoms with Crippen LogP contribution in [-0.2, 0) is 26.2 Å². The van der Waals surface area contributed by atoms with Gasteiger partial charge in [-0.3, -0.25) is 13.9 Å². The summed E-state index contributed by atoms with van der Waals surface area (Å²) in [5.74, 6) is 0.201. The Balaban J connectivity index is 2.07. The molecule has 1 unspecified atom stereocenters. The van der Waals surface area contributed by atoms with E-state index in [9.17, 15) is 18.0 Å². The number of sulfonamides is 1. The Bertz CT molecular complexity index is 1420. The monoisotopic (exact) mass is 587 g/mol. The fraction of sp³-hybridized carbons (Fsp3) is 0.310. The van der Waals surface area contributed by atoms with Crippen molar-refractivity contribution in [2.24, 2.45) is 0 Å². The fourth-order valence-electron chi connectivity index (χ4n) is 4.21. The molecule has 214 valence electrons. The Morgan fingerprint density at radius 1 is 0.925 bits per heavy atom. The zero-order chi connectivity index (χ0) is 29.3. The maximum atomic E-state index is 14.0. The van der Waals surface area contributed by atoms with Crippen molar-refractivity contribution >= 4 is 39.1 Å². The average molecular weight is 588 g/mol. The zero-order valence-electron chi connectivity index (χ0n) is 23.0. The summed E-state index contributed by atoms with van der Waals surface area (Å²) in [6.45, 7) is 3.49. The van der Waals surface area contributed by atoms with Crippen LogP contribution in [0.5, 0.6) is 11.5 Å². The van der Waals surface area contributed by atoms with Gasteiger partial charge in [0.15, 0.2) is 0 Å². The van der Waals surface area contributed by atoms with Crippen molar-refractivity contribution in [1.29, 1.82) is 0 Å². The van der Waals surface area contributed by atoms with Gasteiger partial charge >= 0.3 is 0 Å². The Morgan fingerprint density at radius 2 is 1.60 bits per heavy atom. The molecule has 0 aliphatic rings. The highest BCUT2D eigenvalue weighted by molar-refractivity contribution is 7.92. The van der Waals surface area contributed by atoms with Gasteiger partial charge in [-0.2, -0.15) is 0 Å². The van der Waals surface area contributed by atoms with E-state index < -0.39 is 28.5 Å². The molecule has 0 aromatic heterocycles. The predicted octanol–water partition coefficient (Wildman–Crippen LogP) is 4.50. The molecule has 1 atom stereocenters. The number of anilines is 1. The van der Waals surface area contributed by atoms with Gasteiger partial charge in [-0.05, 0) is 73.5 Å². The quantitative estimate of drug-likeness (QED) is 0.316. The van der Waals surface area contributed by atoms with Crippen molar-refractivity contribution in [3.8, 4) is 11.5 Å². The second-order valence-electron chi connectivity index (χ2n) is 8.86. The van der Waals surface area contributed by atoms with E-state index in [4.69, 9.17) is 21.1 Å². The van der Waals surface area contributed by atoms with E-state index >= 15 is 0 Å². The van der Waals surface area contributed by atoms with Crippen LogP contribution < -0.4 is 19.1 Å². The summed E-state index contributed by atoms with van der Waals surface area (Å²) in [6.07, 6.45) is 0.323. The second kappa shape index (κ2) is 14.0. The Kier molecular flexibility index (Phi) is 10.8. The Hall–Kier alpha value is -3.76. The number of carbonyl (C=O) groups is 2. The minimum atomic E-state index is -4.22. The highest BCUT2D eigenvalue weighted by atomic mass is 35.5. The number of amides is 2. The molecular weight excluding hydrogens is 554 g/mol. The number of likely N-dealkylation sites (N-methyl/N-ethyl adjacent to an activating group) is 1. The molecule has 0 spiro atoms. The minimum Gasteiger partial charge on any atom is -0.497 e. The molecule has 0 saturated carbocycles. The zero-order valence-corrected chi connectivity index (χ0v) is 24.5. The maximum Gasteiger partial charge on any atom is 0.264 e. The topological polar surface area (TPSA) is 105 Å².